The van der Waals surface area contributed by atoms with Crippen LogP contribution in [0, 0.1) is 0 Å². The van der Waals surface area contributed by atoms with Crippen LogP contribution in [0.25, 0.3) is 5.69 Å². The van der Waals surface area contributed by atoms with Gasteiger partial charge in [-0.1, -0.05) is 30.3 Å². The number of phenolic OH excluding ortho intramolecular Hbond substituents is 1. The molecule has 0 saturated carbocycles. The Morgan fingerprint density at radius 1 is 1.10 bits per heavy atom. The Bertz CT molecular complexity index is 1160. The minimum Gasteiger partial charge on any atom is -0.507 e. The number of benzene rings is 2. The van der Waals surface area contributed by atoms with E-state index in [2.05, 4.69) is 26.1 Å². The Labute approximate surface area is 169 Å². The van der Waals surface area contributed by atoms with Gasteiger partial charge >= 0.3 is 0 Å². The number of carbonyl (C=O) groups is 1. The number of hydrazone groups is 1. The van der Waals surface area contributed by atoms with Gasteiger partial charge in [0.1, 0.15) is 11.5 Å². The Morgan fingerprint density at radius 3 is 2.72 bits per heavy atom. The maximum Gasteiger partial charge on any atom is 0.275 e. The topological polar surface area (TPSA) is 118 Å². The van der Waals surface area contributed by atoms with Gasteiger partial charge in [0.05, 0.1) is 17.5 Å². The summed E-state index contributed by atoms with van der Waals surface area (Å²) in [6.45, 7) is 0. The van der Waals surface area contributed by atoms with E-state index in [4.69, 9.17) is 4.42 Å². The molecule has 0 bridgehead atoms. The number of hydrogen-bond acceptors (Lipinski definition) is 8. The molecule has 0 aliphatic heterocycles. The molecule has 10 heteroatoms. The van der Waals surface area contributed by atoms with Gasteiger partial charge in [0.25, 0.3) is 5.91 Å². The van der Waals surface area contributed by atoms with Crippen LogP contribution in [0.5, 0.6) is 5.75 Å². The van der Waals surface area contributed by atoms with Gasteiger partial charge in [-0.15, -0.1) is 5.10 Å². The minimum atomic E-state index is -0.525. The Balaban J connectivity index is 1.41. The van der Waals surface area contributed by atoms with E-state index >= 15 is 0 Å². The molecular weight excluding hydrogens is 392 g/mol. The fraction of sp³-hybridized carbons (Fsp3) is 0. The summed E-state index contributed by atoms with van der Waals surface area (Å²) in [7, 11) is 0. The van der Waals surface area contributed by atoms with Crippen molar-refractivity contribution in [2.24, 2.45) is 5.10 Å². The van der Waals surface area contributed by atoms with Crippen molar-refractivity contribution in [3.8, 4) is 11.4 Å². The number of hydrogen-bond donors (Lipinski definition) is 2. The van der Waals surface area contributed by atoms with Gasteiger partial charge in [-0.3, -0.25) is 4.79 Å². The number of phenols is 1. The maximum atomic E-state index is 12.0. The highest BCUT2D eigenvalue weighted by molar-refractivity contribution is 7.99. The third-order valence-electron chi connectivity index (χ3n) is 3.74. The molecule has 29 heavy (non-hydrogen) atoms. The van der Waals surface area contributed by atoms with Gasteiger partial charge in [-0.05, 0) is 58.6 Å². The number of nitrogens with one attached hydrogen (secondary N) is 1. The minimum absolute atomic E-state index is 0.118. The molecule has 4 aromatic rings. The highest BCUT2D eigenvalue weighted by Gasteiger charge is 2.12. The van der Waals surface area contributed by atoms with Gasteiger partial charge < -0.3 is 9.52 Å². The number of para-hydroxylation sites is 2. The lowest BCUT2D eigenvalue weighted by Crippen LogP contribution is -2.17. The van der Waals surface area contributed by atoms with Crippen molar-refractivity contribution in [1.82, 2.24) is 25.6 Å². The molecule has 0 unspecified atom stereocenters. The molecule has 2 heterocycles. The van der Waals surface area contributed by atoms with Crippen molar-refractivity contribution in [1.29, 1.82) is 0 Å². The summed E-state index contributed by atoms with van der Waals surface area (Å²) >= 11 is 1.25. The normalized spacial score (nSPS) is 11.0. The molecule has 2 N–H and O–H groups in total. The van der Waals surface area contributed by atoms with Crippen LogP contribution in [0.2, 0.25) is 0 Å². The van der Waals surface area contributed by atoms with Crippen LogP contribution >= 0.6 is 11.8 Å². The summed E-state index contributed by atoms with van der Waals surface area (Å²) in [5.41, 5.74) is 3.31. The molecule has 0 radical (unpaired) electrons. The first kappa shape index (κ1) is 18.4. The summed E-state index contributed by atoms with van der Waals surface area (Å²) in [6.07, 6.45) is 1.36. The molecule has 1 amide bonds. The molecular formula is C19H14N6O3S. The highest BCUT2D eigenvalue weighted by Crippen LogP contribution is 2.28. The van der Waals surface area contributed by atoms with E-state index in [1.54, 1.807) is 28.9 Å². The summed E-state index contributed by atoms with van der Waals surface area (Å²) < 4.78 is 7.27. The van der Waals surface area contributed by atoms with E-state index in [0.717, 1.165) is 5.69 Å². The van der Waals surface area contributed by atoms with E-state index in [0.29, 0.717) is 16.0 Å². The standard InChI is InChI=1S/C19H14N6O3S/c26-16-9-5-4-8-15(16)18(27)21-20-12-14-10-11-17(28-14)29-19-22-23-24-25(19)13-6-2-1-3-7-13/h1-12,26H,(H,21,27)/b20-12-. The van der Waals surface area contributed by atoms with Crippen molar-refractivity contribution >= 4 is 23.9 Å². The van der Waals surface area contributed by atoms with Crippen LogP contribution in [0.15, 0.2) is 86.5 Å². The smallest absolute Gasteiger partial charge is 0.275 e. The van der Waals surface area contributed by atoms with Gasteiger partial charge in [0.2, 0.25) is 5.16 Å². The van der Waals surface area contributed by atoms with Crippen LogP contribution in [-0.4, -0.2) is 37.4 Å². The van der Waals surface area contributed by atoms with Crippen molar-refractivity contribution < 1.29 is 14.3 Å². The molecule has 0 spiro atoms. The molecule has 0 aliphatic carbocycles. The molecule has 144 valence electrons. The average molecular weight is 406 g/mol. The lowest BCUT2D eigenvalue weighted by molar-refractivity contribution is 0.0952. The zero-order valence-electron chi connectivity index (χ0n) is 14.8. The summed E-state index contributed by atoms with van der Waals surface area (Å²) in [6, 6.07) is 19.2. The lowest BCUT2D eigenvalue weighted by Gasteiger charge is -2.02. The monoisotopic (exact) mass is 406 g/mol. The quantitative estimate of drug-likeness (QED) is 0.373. The molecule has 9 nitrogen and oxygen atoms in total. The summed E-state index contributed by atoms with van der Waals surface area (Å²) in [5, 5.41) is 26.4. The van der Waals surface area contributed by atoms with E-state index in [-0.39, 0.29) is 11.3 Å². The molecule has 2 aromatic carbocycles. The predicted molar refractivity (Wildman–Crippen MR) is 105 cm³/mol. The van der Waals surface area contributed by atoms with E-state index < -0.39 is 5.91 Å². The van der Waals surface area contributed by atoms with Gasteiger partial charge in [-0.25, -0.2) is 5.43 Å². The second-order valence-corrected chi connectivity index (χ2v) is 6.66. The molecule has 0 saturated heterocycles. The first-order valence-electron chi connectivity index (χ1n) is 8.43. The molecule has 0 aliphatic rings. The van der Waals surface area contributed by atoms with E-state index in [9.17, 15) is 9.90 Å². The van der Waals surface area contributed by atoms with Crippen molar-refractivity contribution in [3.63, 3.8) is 0 Å². The van der Waals surface area contributed by atoms with Crippen LogP contribution < -0.4 is 5.43 Å². The number of rotatable bonds is 6. The van der Waals surface area contributed by atoms with Crippen LogP contribution in [0.1, 0.15) is 16.1 Å². The number of amides is 1. The molecule has 4 rings (SSSR count). The molecule has 0 fully saturated rings. The molecule has 2 aromatic heterocycles. The number of carbonyl (C=O) groups excluding carboxylic acids is 1. The molecule has 0 atom stereocenters. The van der Waals surface area contributed by atoms with E-state index in [1.165, 1.54) is 30.1 Å². The van der Waals surface area contributed by atoms with Crippen molar-refractivity contribution in [2.45, 2.75) is 10.2 Å². The third-order valence-corrected chi connectivity index (χ3v) is 4.60. The Kier molecular flexibility index (Phi) is 5.34. The fourth-order valence-corrected chi connectivity index (χ4v) is 3.16. The number of nitrogens with zero attached hydrogens (tertiary/aromatic N) is 5. The predicted octanol–water partition coefficient (Wildman–Crippen LogP) is 2.88. The maximum absolute atomic E-state index is 12.0. The average Bonchev–Trinajstić information content (AvgIpc) is 3.39. The number of aromatic nitrogens is 4. The largest absolute Gasteiger partial charge is 0.507 e. The number of tetrazole rings is 1. The SMILES string of the molecule is O=C(N/N=C\c1ccc(Sc2nnnn2-c2ccccc2)o1)c1ccccc1O. The zero-order valence-corrected chi connectivity index (χ0v) is 15.7. The van der Waals surface area contributed by atoms with Gasteiger partial charge in [0.15, 0.2) is 5.09 Å². The zero-order chi connectivity index (χ0) is 20.1. The number of furan rings is 1. The van der Waals surface area contributed by atoms with Gasteiger partial charge in [0, 0.05) is 0 Å². The first-order valence-corrected chi connectivity index (χ1v) is 9.25. The van der Waals surface area contributed by atoms with Gasteiger partial charge in [-0.2, -0.15) is 9.78 Å². The summed E-state index contributed by atoms with van der Waals surface area (Å²) in [5.74, 6) is -0.209. The third kappa shape index (κ3) is 4.33. The van der Waals surface area contributed by atoms with Crippen LogP contribution in [-0.2, 0) is 0 Å². The van der Waals surface area contributed by atoms with Crippen molar-refractivity contribution in [2.75, 3.05) is 0 Å². The Hall–Kier alpha value is -3.92. The number of aromatic hydroxyl groups is 1. The van der Waals surface area contributed by atoms with Crippen LogP contribution in [0.4, 0.5) is 0 Å². The second-order valence-electron chi connectivity index (χ2n) is 5.68. The van der Waals surface area contributed by atoms with E-state index in [1.807, 2.05) is 30.3 Å². The lowest BCUT2D eigenvalue weighted by atomic mass is 10.2. The highest BCUT2D eigenvalue weighted by atomic mass is 32.2. The first-order chi connectivity index (χ1) is 14.2. The Morgan fingerprint density at radius 2 is 1.90 bits per heavy atom. The van der Waals surface area contributed by atoms with Crippen LogP contribution in [0.3, 0.4) is 0 Å². The fourth-order valence-electron chi connectivity index (χ4n) is 2.40. The second kappa shape index (κ2) is 8.40. The summed E-state index contributed by atoms with van der Waals surface area (Å²) in [4.78, 5) is 12.0. The van der Waals surface area contributed by atoms with Crippen molar-refractivity contribution in [3.05, 3.63) is 78.1 Å².